The lowest BCUT2D eigenvalue weighted by Crippen LogP contribution is -2.27. The summed E-state index contributed by atoms with van der Waals surface area (Å²) in [5.41, 5.74) is 4.82. The van der Waals surface area contributed by atoms with E-state index in [1.807, 2.05) is 24.3 Å². The number of unbranched alkanes of at least 4 members (excludes halogenated alkanes) is 12. The van der Waals surface area contributed by atoms with E-state index in [-0.39, 0.29) is 18.5 Å². The number of carbonyl (C=O) groups excluding carboxylic acids is 2. The van der Waals surface area contributed by atoms with E-state index < -0.39 is 6.09 Å². The Labute approximate surface area is 289 Å². The standard InChI is InChI=1S/C40H61NO7/c1-2-3-4-5-6-7-8-9-10-11-12-13-14-24-39(42)47-32-31-46-30-29-45-28-27-44-26-19-25-41-40(43)48-33-38-36-22-17-15-20-34(36)35-21-16-18-23-37(35)38/h15-18,20-23,38H,2-14,19,24-33H2,1H3,(H,41,43). The van der Waals surface area contributed by atoms with Crippen molar-refractivity contribution in [1.29, 1.82) is 0 Å². The van der Waals surface area contributed by atoms with Crippen LogP contribution in [0.25, 0.3) is 11.1 Å². The van der Waals surface area contributed by atoms with Gasteiger partial charge in [-0.05, 0) is 35.1 Å². The minimum atomic E-state index is -0.412. The molecule has 0 atom stereocenters. The molecule has 0 fully saturated rings. The SMILES string of the molecule is CCCCCCCCCCCCCCCC(=O)OCCOCCOCCOCCCNC(=O)OCC1c2ccccc2-c2ccccc21. The number of alkyl carbamates (subject to hydrolysis) is 1. The third kappa shape index (κ3) is 16.4. The molecule has 1 aliphatic carbocycles. The average Bonchev–Trinajstić information content (AvgIpc) is 3.43. The van der Waals surface area contributed by atoms with E-state index in [4.69, 9.17) is 23.7 Å². The first kappa shape index (κ1) is 39.5. The molecule has 2 aromatic carbocycles. The van der Waals surface area contributed by atoms with Gasteiger partial charge >= 0.3 is 12.1 Å². The number of esters is 1. The zero-order chi connectivity index (χ0) is 33.9. The molecule has 0 aromatic heterocycles. The molecule has 0 aliphatic heterocycles. The highest BCUT2D eigenvalue weighted by Crippen LogP contribution is 2.44. The van der Waals surface area contributed by atoms with Gasteiger partial charge in [-0.3, -0.25) is 4.79 Å². The number of rotatable bonds is 29. The minimum absolute atomic E-state index is 0.0538. The van der Waals surface area contributed by atoms with Gasteiger partial charge in [-0.25, -0.2) is 4.79 Å². The van der Waals surface area contributed by atoms with Gasteiger partial charge in [0.25, 0.3) is 0 Å². The van der Waals surface area contributed by atoms with Crippen molar-refractivity contribution in [3.63, 3.8) is 0 Å². The summed E-state index contributed by atoms with van der Waals surface area (Å²) in [6, 6.07) is 16.6. The average molecular weight is 668 g/mol. The third-order valence-electron chi connectivity index (χ3n) is 8.80. The molecular formula is C40H61NO7. The molecule has 8 nitrogen and oxygen atoms in total. The molecule has 0 spiro atoms. The van der Waals surface area contributed by atoms with Crippen LogP contribution in [-0.2, 0) is 28.5 Å². The van der Waals surface area contributed by atoms with Crippen LogP contribution in [0.5, 0.6) is 0 Å². The number of amides is 1. The van der Waals surface area contributed by atoms with Crippen LogP contribution in [0.4, 0.5) is 4.79 Å². The van der Waals surface area contributed by atoms with Gasteiger partial charge in [0, 0.05) is 25.5 Å². The fourth-order valence-electron chi connectivity index (χ4n) is 6.13. The first-order valence-corrected chi connectivity index (χ1v) is 18.7. The van der Waals surface area contributed by atoms with Crippen LogP contribution in [0, 0.1) is 0 Å². The molecule has 0 saturated carbocycles. The Kier molecular flexibility index (Phi) is 21.4. The van der Waals surface area contributed by atoms with E-state index in [0.717, 1.165) is 12.8 Å². The summed E-state index contributed by atoms with van der Waals surface area (Å²) in [5.74, 6) is -0.0818. The maximum absolute atomic E-state index is 12.3. The first-order chi connectivity index (χ1) is 23.7. The molecule has 268 valence electrons. The molecule has 0 radical (unpaired) electrons. The zero-order valence-corrected chi connectivity index (χ0v) is 29.5. The van der Waals surface area contributed by atoms with Gasteiger partial charge < -0.3 is 29.0 Å². The summed E-state index contributed by atoms with van der Waals surface area (Å²) in [6.07, 6.45) is 17.6. The van der Waals surface area contributed by atoms with E-state index in [1.54, 1.807) is 0 Å². The summed E-state index contributed by atoms with van der Waals surface area (Å²) >= 11 is 0. The van der Waals surface area contributed by atoms with Crippen LogP contribution in [-0.4, -0.2) is 71.5 Å². The number of hydrogen-bond acceptors (Lipinski definition) is 7. The monoisotopic (exact) mass is 667 g/mol. The molecule has 0 unspecified atom stereocenters. The van der Waals surface area contributed by atoms with Crippen molar-refractivity contribution in [1.82, 2.24) is 5.32 Å². The quantitative estimate of drug-likeness (QED) is 0.0684. The molecule has 0 bridgehead atoms. The highest BCUT2D eigenvalue weighted by Gasteiger charge is 2.28. The van der Waals surface area contributed by atoms with Crippen molar-refractivity contribution in [2.24, 2.45) is 0 Å². The Hall–Kier alpha value is -2.94. The predicted octanol–water partition coefficient (Wildman–Crippen LogP) is 8.99. The second-order valence-corrected chi connectivity index (χ2v) is 12.7. The smallest absolute Gasteiger partial charge is 0.407 e. The summed E-state index contributed by atoms with van der Waals surface area (Å²) in [4.78, 5) is 24.1. The van der Waals surface area contributed by atoms with Crippen molar-refractivity contribution in [3.8, 4) is 11.1 Å². The lowest BCUT2D eigenvalue weighted by Gasteiger charge is -2.14. The maximum Gasteiger partial charge on any atom is 0.407 e. The maximum atomic E-state index is 12.3. The third-order valence-corrected chi connectivity index (χ3v) is 8.80. The fourth-order valence-corrected chi connectivity index (χ4v) is 6.13. The highest BCUT2D eigenvalue weighted by atomic mass is 16.6. The zero-order valence-electron chi connectivity index (χ0n) is 29.5. The summed E-state index contributed by atoms with van der Waals surface area (Å²) in [6.45, 7) is 6.08. The Morgan fingerprint density at radius 1 is 0.562 bits per heavy atom. The molecule has 48 heavy (non-hydrogen) atoms. The number of benzene rings is 2. The Morgan fingerprint density at radius 3 is 1.60 bits per heavy atom. The van der Waals surface area contributed by atoms with Crippen LogP contribution in [0.3, 0.4) is 0 Å². The normalized spacial score (nSPS) is 12.1. The molecule has 8 heteroatoms. The van der Waals surface area contributed by atoms with Crippen LogP contribution in [0.1, 0.15) is 120 Å². The van der Waals surface area contributed by atoms with E-state index in [0.29, 0.717) is 65.6 Å². The number of fused-ring (bicyclic) bond motifs is 3. The van der Waals surface area contributed by atoms with E-state index in [9.17, 15) is 9.59 Å². The largest absolute Gasteiger partial charge is 0.463 e. The Balaban J connectivity index is 1.02. The van der Waals surface area contributed by atoms with E-state index in [1.165, 1.54) is 92.9 Å². The van der Waals surface area contributed by atoms with Crippen LogP contribution < -0.4 is 5.32 Å². The molecule has 1 amide bonds. The molecule has 1 aliphatic rings. The molecule has 1 N–H and O–H groups in total. The lowest BCUT2D eigenvalue weighted by molar-refractivity contribution is -0.145. The molecular weight excluding hydrogens is 606 g/mol. The van der Waals surface area contributed by atoms with Gasteiger partial charge in [-0.15, -0.1) is 0 Å². The lowest BCUT2D eigenvalue weighted by atomic mass is 9.98. The van der Waals surface area contributed by atoms with E-state index in [2.05, 4.69) is 36.5 Å². The summed E-state index contributed by atoms with van der Waals surface area (Å²) < 4.78 is 27.4. The van der Waals surface area contributed by atoms with Gasteiger partial charge in [-0.1, -0.05) is 133 Å². The highest BCUT2D eigenvalue weighted by molar-refractivity contribution is 5.79. The number of hydrogen-bond donors (Lipinski definition) is 1. The molecule has 0 heterocycles. The van der Waals surface area contributed by atoms with E-state index >= 15 is 0 Å². The van der Waals surface area contributed by atoms with Crippen LogP contribution >= 0.6 is 0 Å². The van der Waals surface area contributed by atoms with Gasteiger partial charge in [0.05, 0.1) is 33.0 Å². The summed E-state index contributed by atoms with van der Waals surface area (Å²) in [5, 5.41) is 2.81. The predicted molar refractivity (Wildman–Crippen MR) is 191 cm³/mol. The number of nitrogens with one attached hydrogen (secondary N) is 1. The Morgan fingerprint density at radius 2 is 1.04 bits per heavy atom. The minimum Gasteiger partial charge on any atom is -0.463 e. The topological polar surface area (TPSA) is 92.3 Å². The van der Waals surface area contributed by atoms with Gasteiger partial charge in [0.2, 0.25) is 0 Å². The van der Waals surface area contributed by atoms with Crippen LogP contribution in [0.15, 0.2) is 48.5 Å². The fraction of sp³-hybridized carbons (Fsp3) is 0.650. The second-order valence-electron chi connectivity index (χ2n) is 12.7. The Bertz CT molecular complexity index is 1090. The number of ether oxygens (including phenoxy) is 5. The van der Waals surface area contributed by atoms with Crippen molar-refractivity contribution in [3.05, 3.63) is 59.7 Å². The van der Waals surface area contributed by atoms with Crippen molar-refractivity contribution < 1.29 is 33.3 Å². The number of carbonyl (C=O) groups is 2. The van der Waals surface area contributed by atoms with Gasteiger partial charge in [0.1, 0.15) is 13.2 Å². The van der Waals surface area contributed by atoms with Gasteiger partial charge in [-0.2, -0.15) is 0 Å². The molecule has 0 saturated heterocycles. The van der Waals surface area contributed by atoms with Crippen LogP contribution in [0.2, 0.25) is 0 Å². The van der Waals surface area contributed by atoms with Crippen molar-refractivity contribution >= 4 is 12.1 Å². The van der Waals surface area contributed by atoms with Crippen molar-refractivity contribution in [2.75, 3.05) is 59.4 Å². The first-order valence-electron chi connectivity index (χ1n) is 18.7. The van der Waals surface area contributed by atoms with Crippen molar-refractivity contribution in [2.45, 2.75) is 109 Å². The molecule has 2 aromatic rings. The summed E-state index contributed by atoms with van der Waals surface area (Å²) in [7, 11) is 0. The van der Waals surface area contributed by atoms with Gasteiger partial charge in [0.15, 0.2) is 0 Å². The second kappa shape index (κ2) is 26.0. The molecule has 3 rings (SSSR count).